The van der Waals surface area contributed by atoms with Crippen molar-refractivity contribution in [2.75, 3.05) is 6.54 Å². The van der Waals surface area contributed by atoms with Crippen molar-refractivity contribution in [3.63, 3.8) is 0 Å². The first kappa shape index (κ1) is 12.1. The van der Waals surface area contributed by atoms with Crippen LogP contribution in [-0.2, 0) is 0 Å². The van der Waals surface area contributed by atoms with E-state index in [9.17, 15) is 0 Å². The number of allylic oxidation sites excluding steroid dienone is 2. The molecule has 1 unspecified atom stereocenters. The summed E-state index contributed by atoms with van der Waals surface area (Å²) in [6.45, 7) is 7.41. The Morgan fingerprint density at radius 1 is 1.29 bits per heavy atom. The minimum Gasteiger partial charge on any atom is -0.310 e. The Hall–Kier alpha value is -1.41. The lowest BCUT2D eigenvalue weighted by Crippen LogP contribution is -2.17. The molecule has 2 rings (SSSR count). The zero-order valence-electron chi connectivity index (χ0n) is 10.8. The molecule has 0 aliphatic carbocycles. The fourth-order valence-electron chi connectivity index (χ4n) is 2.22. The highest BCUT2D eigenvalue weighted by molar-refractivity contribution is 5.86. The van der Waals surface area contributed by atoms with Gasteiger partial charge < -0.3 is 5.32 Å². The Kier molecular flexibility index (Phi) is 3.75. The Bertz CT molecular complexity index is 440. The average molecular weight is 228 g/mol. The third-order valence-electron chi connectivity index (χ3n) is 3.29. The van der Waals surface area contributed by atoms with E-state index in [1.165, 1.54) is 16.7 Å². The van der Waals surface area contributed by atoms with Gasteiger partial charge in [-0.05, 0) is 37.1 Å². The molecule has 0 bridgehead atoms. The zero-order valence-corrected chi connectivity index (χ0v) is 10.8. The van der Waals surface area contributed by atoms with Gasteiger partial charge in [-0.15, -0.1) is 0 Å². The maximum atomic E-state index is 4.32. The van der Waals surface area contributed by atoms with E-state index < -0.39 is 0 Å². The van der Waals surface area contributed by atoms with E-state index in [-0.39, 0.29) is 0 Å². The molecule has 1 aromatic rings. The third kappa shape index (κ3) is 2.64. The maximum absolute atomic E-state index is 4.32. The summed E-state index contributed by atoms with van der Waals surface area (Å²) in [5, 5.41) is 3.42. The monoisotopic (exact) mass is 228 g/mol. The molecule has 0 amide bonds. The van der Waals surface area contributed by atoms with Gasteiger partial charge in [0, 0.05) is 24.4 Å². The van der Waals surface area contributed by atoms with Crippen molar-refractivity contribution in [2.24, 2.45) is 4.99 Å². The summed E-state index contributed by atoms with van der Waals surface area (Å²) in [5.41, 5.74) is 5.14. The molecule has 1 heterocycles. The van der Waals surface area contributed by atoms with E-state index in [0.717, 1.165) is 18.7 Å². The molecule has 2 heteroatoms. The Morgan fingerprint density at radius 3 is 2.53 bits per heavy atom. The van der Waals surface area contributed by atoms with Gasteiger partial charge in [0.15, 0.2) is 0 Å². The highest BCUT2D eigenvalue weighted by Gasteiger charge is 2.10. The normalized spacial score (nSPS) is 16.6. The Morgan fingerprint density at radius 2 is 2.00 bits per heavy atom. The second-order valence-electron chi connectivity index (χ2n) is 4.48. The molecule has 0 radical (unpaired) electrons. The summed E-state index contributed by atoms with van der Waals surface area (Å²) < 4.78 is 0. The van der Waals surface area contributed by atoms with Gasteiger partial charge >= 0.3 is 0 Å². The first-order valence-corrected chi connectivity index (χ1v) is 6.28. The Balaban J connectivity index is 2.16. The first-order valence-electron chi connectivity index (χ1n) is 6.28. The van der Waals surface area contributed by atoms with E-state index in [2.05, 4.69) is 55.3 Å². The third-order valence-corrected chi connectivity index (χ3v) is 3.29. The number of hydrogen-bond donors (Lipinski definition) is 1. The molecule has 0 spiro atoms. The molecule has 0 fully saturated rings. The van der Waals surface area contributed by atoms with Crippen LogP contribution in [0.15, 0.2) is 35.0 Å². The molecule has 1 aromatic carbocycles. The van der Waals surface area contributed by atoms with E-state index in [0.29, 0.717) is 6.04 Å². The van der Waals surface area contributed by atoms with E-state index >= 15 is 0 Å². The second kappa shape index (κ2) is 5.28. The van der Waals surface area contributed by atoms with Crippen molar-refractivity contribution in [2.45, 2.75) is 33.2 Å². The molecule has 0 saturated carbocycles. The predicted molar refractivity (Wildman–Crippen MR) is 74.2 cm³/mol. The lowest BCUT2D eigenvalue weighted by Gasteiger charge is -2.13. The van der Waals surface area contributed by atoms with E-state index in [1.807, 2.05) is 6.21 Å². The van der Waals surface area contributed by atoms with Gasteiger partial charge in [-0.2, -0.15) is 0 Å². The number of aliphatic imine (C=N–C) groups is 1. The van der Waals surface area contributed by atoms with Gasteiger partial charge in [0.25, 0.3) is 0 Å². The SMILES string of the molecule is CCNC(C)c1ccc(C2=C(C)N=CC2)cc1. The summed E-state index contributed by atoms with van der Waals surface area (Å²) in [6.07, 6.45) is 2.95. The molecule has 1 N–H and O–H groups in total. The maximum Gasteiger partial charge on any atom is 0.0410 e. The quantitative estimate of drug-likeness (QED) is 0.837. The fraction of sp³-hybridized carbons (Fsp3) is 0.400. The smallest absolute Gasteiger partial charge is 0.0410 e. The largest absolute Gasteiger partial charge is 0.310 e. The van der Waals surface area contributed by atoms with Crippen LogP contribution in [0.4, 0.5) is 0 Å². The molecular formula is C15H20N2. The lowest BCUT2D eigenvalue weighted by molar-refractivity contribution is 0.598. The van der Waals surface area contributed by atoms with Crippen molar-refractivity contribution in [1.29, 1.82) is 0 Å². The van der Waals surface area contributed by atoms with Crippen LogP contribution in [0.25, 0.3) is 5.57 Å². The number of benzene rings is 1. The van der Waals surface area contributed by atoms with Crippen molar-refractivity contribution in [3.05, 3.63) is 41.1 Å². The summed E-state index contributed by atoms with van der Waals surface area (Å²) >= 11 is 0. The number of nitrogens with zero attached hydrogens (tertiary/aromatic N) is 1. The van der Waals surface area contributed by atoms with E-state index in [4.69, 9.17) is 0 Å². The summed E-state index contributed by atoms with van der Waals surface area (Å²) in [5.74, 6) is 0. The number of hydrogen-bond acceptors (Lipinski definition) is 2. The molecule has 90 valence electrons. The predicted octanol–water partition coefficient (Wildman–Crippen LogP) is 3.56. The molecule has 2 nitrogen and oxygen atoms in total. The summed E-state index contributed by atoms with van der Waals surface area (Å²) in [6, 6.07) is 9.25. The van der Waals surface area contributed by atoms with Crippen LogP contribution in [0.3, 0.4) is 0 Å². The number of rotatable bonds is 4. The molecule has 17 heavy (non-hydrogen) atoms. The van der Waals surface area contributed by atoms with Crippen molar-refractivity contribution >= 4 is 11.8 Å². The minimum absolute atomic E-state index is 0.420. The van der Waals surface area contributed by atoms with Crippen molar-refractivity contribution in [3.8, 4) is 0 Å². The van der Waals surface area contributed by atoms with Crippen LogP contribution in [0.2, 0.25) is 0 Å². The second-order valence-corrected chi connectivity index (χ2v) is 4.48. The van der Waals surface area contributed by atoms with Gasteiger partial charge in [-0.1, -0.05) is 31.2 Å². The van der Waals surface area contributed by atoms with Crippen LogP contribution in [0.5, 0.6) is 0 Å². The van der Waals surface area contributed by atoms with Crippen LogP contribution in [0, 0.1) is 0 Å². The summed E-state index contributed by atoms with van der Waals surface area (Å²) in [7, 11) is 0. The zero-order chi connectivity index (χ0) is 12.3. The van der Waals surface area contributed by atoms with Gasteiger partial charge in [-0.3, -0.25) is 4.99 Å². The molecule has 1 aliphatic heterocycles. The summed E-state index contributed by atoms with van der Waals surface area (Å²) in [4.78, 5) is 4.32. The van der Waals surface area contributed by atoms with E-state index in [1.54, 1.807) is 0 Å². The topological polar surface area (TPSA) is 24.4 Å². The van der Waals surface area contributed by atoms with Crippen LogP contribution >= 0.6 is 0 Å². The Labute approximate surface area is 103 Å². The highest BCUT2D eigenvalue weighted by atomic mass is 14.9. The van der Waals surface area contributed by atoms with Crippen LogP contribution in [-0.4, -0.2) is 12.8 Å². The molecule has 0 saturated heterocycles. The molecular weight excluding hydrogens is 208 g/mol. The van der Waals surface area contributed by atoms with Crippen molar-refractivity contribution in [1.82, 2.24) is 5.32 Å². The molecule has 1 aliphatic rings. The highest BCUT2D eigenvalue weighted by Crippen LogP contribution is 2.27. The van der Waals surface area contributed by atoms with Crippen LogP contribution in [0.1, 0.15) is 44.4 Å². The fourth-order valence-corrected chi connectivity index (χ4v) is 2.22. The minimum atomic E-state index is 0.420. The van der Waals surface area contributed by atoms with Crippen molar-refractivity contribution < 1.29 is 0 Å². The van der Waals surface area contributed by atoms with Gasteiger partial charge in [-0.25, -0.2) is 0 Å². The standard InChI is InChI=1S/C15H20N2/c1-4-16-11(2)13-5-7-14(8-6-13)15-9-10-17-12(15)3/h5-8,10-11,16H,4,9H2,1-3H3. The first-order chi connectivity index (χ1) is 8.22. The van der Waals surface area contributed by atoms with Gasteiger partial charge in [0.2, 0.25) is 0 Å². The molecule has 0 aromatic heterocycles. The van der Waals surface area contributed by atoms with Crippen LogP contribution < -0.4 is 5.32 Å². The molecule has 1 atom stereocenters. The van der Waals surface area contributed by atoms with Gasteiger partial charge in [0.1, 0.15) is 0 Å². The lowest BCUT2D eigenvalue weighted by atomic mass is 9.99. The average Bonchev–Trinajstić information content (AvgIpc) is 2.76. The van der Waals surface area contributed by atoms with Gasteiger partial charge in [0.05, 0.1) is 0 Å². The number of nitrogens with one attached hydrogen (secondary N) is 1.